The molecule has 0 rings (SSSR count). The topological polar surface area (TPSA) is 80.7 Å². The number of hydrogen-bond acceptors (Lipinski definition) is 4. The van der Waals surface area contributed by atoms with Crippen LogP contribution >= 0.6 is 0 Å². The van der Waals surface area contributed by atoms with Gasteiger partial charge in [0.2, 0.25) is 0 Å². The average molecular weight is 218 g/mol. The molecule has 0 heterocycles. The third-order valence-electron chi connectivity index (χ3n) is 0.958. The number of carbonyl (C=O) groups excluding carboxylic acids is 1. The molecule has 5 nitrogen and oxygen atoms in total. The Kier molecular flexibility index (Phi) is 9.01. The van der Waals surface area contributed by atoms with E-state index >= 15 is 0 Å². The standard InChI is InChI=1S/C6H10O5S.Na.H/c1-2-6(7)11-4-3-5-12(8,9)10;;/h2H,1,3-5H2,(H,8,9,10);;. The van der Waals surface area contributed by atoms with Crippen LogP contribution in [0.3, 0.4) is 0 Å². The van der Waals surface area contributed by atoms with Crippen LogP contribution in [0.5, 0.6) is 0 Å². The van der Waals surface area contributed by atoms with Gasteiger partial charge in [0, 0.05) is 6.08 Å². The van der Waals surface area contributed by atoms with Crippen molar-refractivity contribution in [1.82, 2.24) is 0 Å². The molecule has 0 bridgehead atoms. The summed E-state index contributed by atoms with van der Waals surface area (Å²) in [7, 11) is -3.95. The Morgan fingerprint density at radius 1 is 1.54 bits per heavy atom. The Morgan fingerprint density at radius 3 is 2.46 bits per heavy atom. The molecule has 72 valence electrons. The Labute approximate surface area is 99.2 Å². The van der Waals surface area contributed by atoms with Gasteiger partial charge in [-0.1, -0.05) is 6.58 Å². The van der Waals surface area contributed by atoms with E-state index in [1.54, 1.807) is 0 Å². The second-order valence-corrected chi connectivity index (χ2v) is 3.58. The predicted molar refractivity (Wildman–Crippen MR) is 49.3 cm³/mol. The van der Waals surface area contributed by atoms with Crippen LogP contribution in [0.15, 0.2) is 12.7 Å². The van der Waals surface area contributed by atoms with Gasteiger partial charge in [-0.3, -0.25) is 4.55 Å². The molecule has 0 saturated heterocycles. The molecule has 0 atom stereocenters. The van der Waals surface area contributed by atoms with Gasteiger partial charge in [0.25, 0.3) is 10.1 Å². The van der Waals surface area contributed by atoms with E-state index in [-0.39, 0.29) is 42.6 Å². The van der Waals surface area contributed by atoms with Gasteiger partial charge in [-0.15, -0.1) is 0 Å². The third kappa shape index (κ3) is 12.1. The van der Waals surface area contributed by atoms with Crippen molar-refractivity contribution in [2.45, 2.75) is 6.42 Å². The van der Waals surface area contributed by atoms with E-state index in [0.29, 0.717) is 0 Å². The molecule has 13 heavy (non-hydrogen) atoms. The van der Waals surface area contributed by atoms with Crippen molar-refractivity contribution in [2.24, 2.45) is 0 Å². The number of ether oxygens (including phenoxy) is 1. The van der Waals surface area contributed by atoms with E-state index in [9.17, 15) is 13.2 Å². The van der Waals surface area contributed by atoms with Gasteiger partial charge >= 0.3 is 35.5 Å². The summed E-state index contributed by atoms with van der Waals surface area (Å²) >= 11 is 0. The first-order valence-electron chi connectivity index (χ1n) is 3.20. The SMILES string of the molecule is C=CC(=O)OCCCS(=O)(=O)O.[NaH]. The summed E-state index contributed by atoms with van der Waals surface area (Å²) < 4.78 is 33.0. The number of carbonyl (C=O) groups is 1. The summed E-state index contributed by atoms with van der Waals surface area (Å²) in [5.74, 6) is -1.01. The zero-order valence-corrected chi connectivity index (χ0v) is 7.21. The molecule has 0 aliphatic heterocycles. The second kappa shape index (κ2) is 7.52. The van der Waals surface area contributed by atoms with Gasteiger partial charge in [-0.05, 0) is 6.42 Å². The molecule has 0 aromatic carbocycles. The molecule has 1 N–H and O–H groups in total. The first kappa shape index (κ1) is 15.6. The van der Waals surface area contributed by atoms with Gasteiger partial charge in [0.1, 0.15) is 0 Å². The van der Waals surface area contributed by atoms with Gasteiger partial charge in [-0.2, -0.15) is 8.42 Å². The van der Waals surface area contributed by atoms with E-state index in [2.05, 4.69) is 11.3 Å². The molecule has 0 aliphatic rings. The fourth-order valence-electron chi connectivity index (χ4n) is 0.473. The maximum absolute atomic E-state index is 10.4. The Balaban J connectivity index is 0. The Bertz CT molecular complexity index is 258. The van der Waals surface area contributed by atoms with E-state index in [1.165, 1.54) is 0 Å². The fourth-order valence-corrected chi connectivity index (χ4v) is 0.956. The first-order chi connectivity index (χ1) is 5.45. The molecule has 0 spiro atoms. The van der Waals surface area contributed by atoms with Crippen LogP contribution < -0.4 is 0 Å². The second-order valence-electron chi connectivity index (χ2n) is 2.01. The van der Waals surface area contributed by atoms with E-state index in [0.717, 1.165) is 6.08 Å². The van der Waals surface area contributed by atoms with Gasteiger partial charge in [0.15, 0.2) is 0 Å². The molecule has 0 amide bonds. The molecule has 0 fully saturated rings. The molecule has 0 aromatic rings. The van der Waals surface area contributed by atoms with Gasteiger partial charge < -0.3 is 4.74 Å². The molecule has 0 radical (unpaired) electrons. The summed E-state index contributed by atoms with van der Waals surface area (Å²) in [6, 6.07) is 0. The van der Waals surface area contributed by atoms with Crippen molar-refractivity contribution in [1.29, 1.82) is 0 Å². The summed E-state index contributed by atoms with van der Waals surface area (Å²) in [5, 5.41) is 0. The van der Waals surface area contributed by atoms with Crippen LogP contribution in [0.1, 0.15) is 6.42 Å². The van der Waals surface area contributed by atoms with Gasteiger partial charge in [-0.25, -0.2) is 4.79 Å². The molecule has 0 saturated carbocycles. The Morgan fingerprint density at radius 2 is 2.08 bits per heavy atom. The zero-order valence-electron chi connectivity index (χ0n) is 6.39. The number of esters is 1. The van der Waals surface area contributed by atoms with Crippen LogP contribution in [0.4, 0.5) is 0 Å². The van der Waals surface area contributed by atoms with Crippen molar-refractivity contribution >= 4 is 45.6 Å². The summed E-state index contributed by atoms with van der Waals surface area (Å²) in [4.78, 5) is 10.4. The summed E-state index contributed by atoms with van der Waals surface area (Å²) in [6.07, 6.45) is 1.06. The van der Waals surface area contributed by atoms with Crippen molar-refractivity contribution in [3.05, 3.63) is 12.7 Å². The molecule has 0 aliphatic carbocycles. The minimum absolute atomic E-state index is 0. The first-order valence-corrected chi connectivity index (χ1v) is 4.81. The van der Waals surface area contributed by atoms with Gasteiger partial charge in [0.05, 0.1) is 12.4 Å². The van der Waals surface area contributed by atoms with E-state index in [4.69, 9.17) is 4.55 Å². The summed E-state index contributed by atoms with van der Waals surface area (Å²) in [5.41, 5.74) is 0. The number of hydrogen-bond donors (Lipinski definition) is 1. The predicted octanol–water partition coefficient (Wildman–Crippen LogP) is -0.655. The fraction of sp³-hybridized carbons (Fsp3) is 0.500. The molecule has 0 unspecified atom stereocenters. The van der Waals surface area contributed by atoms with Crippen LogP contribution in [0.25, 0.3) is 0 Å². The monoisotopic (exact) mass is 218 g/mol. The van der Waals surface area contributed by atoms with E-state index < -0.39 is 21.8 Å². The minimum atomic E-state index is -3.95. The van der Waals surface area contributed by atoms with Crippen molar-refractivity contribution in [3.8, 4) is 0 Å². The van der Waals surface area contributed by atoms with Crippen molar-refractivity contribution < 1.29 is 22.5 Å². The zero-order chi connectivity index (χ0) is 9.61. The van der Waals surface area contributed by atoms with Crippen LogP contribution in [0.2, 0.25) is 0 Å². The third-order valence-corrected chi connectivity index (χ3v) is 1.76. The molecule has 7 heteroatoms. The Hall–Kier alpha value is 0.120. The van der Waals surface area contributed by atoms with Crippen LogP contribution in [0, 0.1) is 0 Å². The summed E-state index contributed by atoms with van der Waals surface area (Å²) in [6.45, 7) is 3.11. The number of rotatable bonds is 5. The molecule has 0 aromatic heterocycles. The average Bonchev–Trinajstić information content (AvgIpc) is 1.96. The van der Waals surface area contributed by atoms with Crippen molar-refractivity contribution in [2.75, 3.05) is 12.4 Å². The van der Waals surface area contributed by atoms with Crippen molar-refractivity contribution in [3.63, 3.8) is 0 Å². The van der Waals surface area contributed by atoms with E-state index in [1.807, 2.05) is 0 Å². The van der Waals surface area contributed by atoms with Crippen LogP contribution in [-0.2, 0) is 19.6 Å². The maximum atomic E-state index is 10.4. The molecular weight excluding hydrogens is 207 g/mol. The van der Waals surface area contributed by atoms with Crippen LogP contribution in [-0.4, -0.2) is 60.9 Å². The molecular formula is C6H11NaO5S. The normalized spacial score (nSPS) is 9.92. The quantitative estimate of drug-likeness (QED) is 0.218.